The summed E-state index contributed by atoms with van der Waals surface area (Å²) in [5, 5.41) is 0. The number of nitrogens with zero attached hydrogens (tertiary/aromatic N) is 1. The summed E-state index contributed by atoms with van der Waals surface area (Å²) < 4.78 is 2.00. The molecule has 0 aliphatic heterocycles. The molecule has 0 saturated carbocycles. The van der Waals surface area contributed by atoms with Gasteiger partial charge in [0.15, 0.2) is 6.29 Å². The SMILES string of the molecule is CC(C)c1c(C=O)cn2ccccc12. The lowest BCUT2D eigenvalue weighted by Crippen LogP contribution is -1.90. The number of carbonyl (C=O) groups excluding carboxylic acids is 1. The molecule has 0 radical (unpaired) electrons. The molecule has 0 aromatic carbocycles. The molecule has 14 heavy (non-hydrogen) atoms. The van der Waals surface area contributed by atoms with Gasteiger partial charge < -0.3 is 4.40 Å². The predicted molar refractivity (Wildman–Crippen MR) is 56.9 cm³/mol. The third-order valence-electron chi connectivity index (χ3n) is 2.46. The molecule has 0 aliphatic carbocycles. The minimum absolute atomic E-state index is 0.377. The Kier molecular flexibility index (Phi) is 2.12. The van der Waals surface area contributed by atoms with E-state index in [1.807, 2.05) is 35.0 Å². The highest BCUT2D eigenvalue weighted by molar-refractivity contribution is 5.83. The minimum Gasteiger partial charge on any atom is -0.323 e. The van der Waals surface area contributed by atoms with E-state index in [0.29, 0.717) is 5.92 Å². The average molecular weight is 187 g/mol. The fourth-order valence-corrected chi connectivity index (χ4v) is 1.89. The van der Waals surface area contributed by atoms with Gasteiger partial charge in [0.1, 0.15) is 0 Å². The summed E-state index contributed by atoms with van der Waals surface area (Å²) in [6.45, 7) is 4.21. The molecule has 0 atom stereocenters. The largest absolute Gasteiger partial charge is 0.323 e. The molecule has 0 unspecified atom stereocenters. The van der Waals surface area contributed by atoms with E-state index in [1.165, 1.54) is 0 Å². The zero-order valence-electron chi connectivity index (χ0n) is 8.40. The number of aldehydes is 1. The summed E-state index contributed by atoms with van der Waals surface area (Å²) >= 11 is 0. The smallest absolute Gasteiger partial charge is 0.151 e. The van der Waals surface area contributed by atoms with Crippen LogP contribution in [-0.2, 0) is 0 Å². The van der Waals surface area contributed by atoms with Crippen LogP contribution < -0.4 is 0 Å². The number of pyridine rings is 1. The van der Waals surface area contributed by atoms with Crippen LogP contribution in [0.2, 0.25) is 0 Å². The van der Waals surface area contributed by atoms with E-state index in [2.05, 4.69) is 13.8 Å². The van der Waals surface area contributed by atoms with Crippen LogP contribution in [-0.4, -0.2) is 10.7 Å². The Bertz CT molecular complexity index is 468. The van der Waals surface area contributed by atoms with Gasteiger partial charge in [-0.1, -0.05) is 19.9 Å². The van der Waals surface area contributed by atoms with Crippen molar-refractivity contribution in [2.45, 2.75) is 19.8 Å². The summed E-state index contributed by atoms with van der Waals surface area (Å²) in [5.41, 5.74) is 3.07. The predicted octanol–water partition coefficient (Wildman–Crippen LogP) is 2.88. The van der Waals surface area contributed by atoms with E-state index in [1.54, 1.807) is 0 Å². The molecule has 2 rings (SSSR count). The van der Waals surface area contributed by atoms with Gasteiger partial charge in [-0.3, -0.25) is 4.79 Å². The Hall–Kier alpha value is -1.57. The van der Waals surface area contributed by atoms with Crippen molar-refractivity contribution in [1.29, 1.82) is 0 Å². The number of aromatic nitrogens is 1. The summed E-state index contributed by atoms with van der Waals surface area (Å²) in [4.78, 5) is 10.9. The van der Waals surface area contributed by atoms with Crippen LogP contribution in [0.1, 0.15) is 35.7 Å². The Morgan fingerprint density at radius 1 is 1.36 bits per heavy atom. The van der Waals surface area contributed by atoms with Crippen LogP contribution >= 0.6 is 0 Å². The molecule has 0 N–H and O–H groups in total. The van der Waals surface area contributed by atoms with Crippen molar-refractivity contribution < 1.29 is 4.79 Å². The summed E-state index contributed by atoms with van der Waals surface area (Å²) in [7, 11) is 0. The van der Waals surface area contributed by atoms with Crippen molar-refractivity contribution in [3.8, 4) is 0 Å². The second-order valence-electron chi connectivity index (χ2n) is 3.76. The number of fused-ring (bicyclic) bond motifs is 1. The number of carbonyl (C=O) groups is 1. The van der Waals surface area contributed by atoms with Gasteiger partial charge in [-0.2, -0.15) is 0 Å². The second kappa shape index (κ2) is 3.29. The lowest BCUT2D eigenvalue weighted by molar-refractivity contribution is 0.112. The monoisotopic (exact) mass is 187 g/mol. The third-order valence-corrected chi connectivity index (χ3v) is 2.46. The summed E-state index contributed by atoms with van der Waals surface area (Å²) in [6, 6.07) is 6.00. The highest BCUT2D eigenvalue weighted by atomic mass is 16.1. The van der Waals surface area contributed by atoms with Crippen LogP contribution in [0, 0.1) is 0 Å². The molecule has 0 aliphatic rings. The number of hydrogen-bond acceptors (Lipinski definition) is 1. The molecule has 2 nitrogen and oxygen atoms in total. The van der Waals surface area contributed by atoms with Crippen LogP contribution in [0.3, 0.4) is 0 Å². The van der Waals surface area contributed by atoms with E-state index in [-0.39, 0.29) is 0 Å². The molecule has 0 saturated heterocycles. The molecule has 2 heteroatoms. The van der Waals surface area contributed by atoms with Crippen molar-refractivity contribution >= 4 is 11.8 Å². The summed E-state index contributed by atoms with van der Waals surface area (Å²) in [5.74, 6) is 0.377. The van der Waals surface area contributed by atoms with Gasteiger partial charge in [0, 0.05) is 23.5 Å². The molecule has 0 fully saturated rings. The Balaban J connectivity index is 2.80. The zero-order chi connectivity index (χ0) is 10.1. The highest BCUT2D eigenvalue weighted by Crippen LogP contribution is 2.25. The summed E-state index contributed by atoms with van der Waals surface area (Å²) in [6.07, 6.45) is 4.79. The Morgan fingerprint density at radius 3 is 2.79 bits per heavy atom. The fourth-order valence-electron chi connectivity index (χ4n) is 1.89. The zero-order valence-corrected chi connectivity index (χ0v) is 8.40. The van der Waals surface area contributed by atoms with Gasteiger partial charge in [-0.15, -0.1) is 0 Å². The molecule has 2 aromatic rings. The fraction of sp³-hybridized carbons (Fsp3) is 0.250. The van der Waals surface area contributed by atoms with E-state index in [9.17, 15) is 4.79 Å². The van der Waals surface area contributed by atoms with Crippen LogP contribution in [0.5, 0.6) is 0 Å². The first-order valence-electron chi connectivity index (χ1n) is 4.79. The average Bonchev–Trinajstić information content (AvgIpc) is 2.55. The Labute approximate surface area is 83.2 Å². The molecule has 2 aromatic heterocycles. The van der Waals surface area contributed by atoms with Crippen molar-refractivity contribution in [1.82, 2.24) is 4.40 Å². The van der Waals surface area contributed by atoms with Gasteiger partial charge in [-0.25, -0.2) is 0 Å². The van der Waals surface area contributed by atoms with E-state index < -0.39 is 0 Å². The maximum atomic E-state index is 10.9. The lowest BCUT2D eigenvalue weighted by Gasteiger charge is -2.04. The van der Waals surface area contributed by atoms with Gasteiger partial charge in [0.25, 0.3) is 0 Å². The van der Waals surface area contributed by atoms with Crippen LogP contribution in [0.15, 0.2) is 30.6 Å². The third kappa shape index (κ3) is 1.23. The first-order valence-corrected chi connectivity index (χ1v) is 4.79. The van der Waals surface area contributed by atoms with Gasteiger partial charge >= 0.3 is 0 Å². The quantitative estimate of drug-likeness (QED) is 0.662. The molecule has 72 valence electrons. The topological polar surface area (TPSA) is 21.5 Å². The molecule has 0 amide bonds. The first kappa shape index (κ1) is 9.00. The first-order chi connectivity index (χ1) is 6.74. The number of hydrogen-bond donors (Lipinski definition) is 0. The number of rotatable bonds is 2. The molecule has 0 spiro atoms. The molecular formula is C12H13NO. The van der Waals surface area contributed by atoms with Crippen molar-refractivity contribution in [2.75, 3.05) is 0 Å². The van der Waals surface area contributed by atoms with Gasteiger partial charge in [0.2, 0.25) is 0 Å². The van der Waals surface area contributed by atoms with Crippen molar-refractivity contribution in [3.63, 3.8) is 0 Å². The second-order valence-corrected chi connectivity index (χ2v) is 3.76. The minimum atomic E-state index is 0.377. The van der Waals surface area contributed by atoms with E-state index in [0.717, 1.165) is 22.9 Å². The van der Waals surface area contributed by atoms with Crippen molar-refractivity contribution in [2.24, 2.45) is 0 Å². The van der Waals surface area contributed by atoms with E-state index >= 15 is 0 Å². The van der Waals surface area contributed by atoms with Gasteiger partial charge in [0.05, 0.1) is 0 Å². The maximum Gasteiger partial charge on any atom is 0.151 e. The lowest BCUT2D eigenvalue weighted by atomic mass is 10.0. The maximum absolute atomic E-state index is 10.9. The molecule has 0 bridgehead atoms. The highest BCUT2D eigenvalue weighted by Gasteiger charge is 2.12. The molecular weight excluding hydrogens is 174 g/mol. The Morgan fingerprint density at radius 2 is 2.14 bits per heavy atom. The standard InChI is InChI=1S/C12H13NO/c1-9(2)12-10(8-14)7-13-6-4-3-5-11(12)13/h3-9H,1-2H3. The normalized spacial score (nSPS) is 11.1. The molecule has 2 heterocycles. The van der Waals surface area contributed by atoms with E-state index in [4.69, 9.17) is 0 Å². The van der Waals surface area contributed by atoms with Crippen LogP contribution in [0.4, 0.5) is 0 Å². The van der Waals surface area contributed by atoms with Crippen molar-refractivity contribution in [3.05, 3.63) is 41.7 Å². The van der Waals surface area contributed by atoms with Gasteiger partial charge in [-0.05, 0) is 23.6 Å². The van der Waals surface area contributed by atoms with Crippen LogP contribution in [0.25, 0.3) is 5.52 Å².